The Hall–Kier alpha value is -3.09. The number of carbonyl (C=O) groups excluding carboxylic acids is 2. The minimum atomic E-state index is -0.278. The summed E-state index contributed by atoms with van der Waals surface area (Å²) in [5.74, 6) is 0.332. The molecule has 0 radical (unpaired) electrons. The Morgan fingerprint density at radius 2 is 1.61 bits per heavy atom. The second kappa shape index (κ2) is 7.88. The quantitative estimate of drug-likeness (QED) is 0.767. The number of amides is 2. The number of ether oxygens (including phenoxy) is 2. The van der Waals surface area contributed by atoms with Crippen LogP contribution in [0, 0.1) is 17.7 Å². The van der Waals surface area contributed by atoms with Crippen molar-refractivity contribution in [1.29, 1.82) is 0 Å². The molecule has 0 spiro atoms. The SMILES string of the molecule is O=C(NCCc1ccc(F)cc1)C1CC1C(=O)NCc1ccc2c(c1)OCO2. The van der Waals surface area contributed by atoms with Crippen LogP contribution in [0.2, 0.25) is 0 Å². The molecule has 0 bridgehead atoms. The first-order valence-electron chi connectivity index (χ1n) is 9.28. The highest BCUT2D eigenvalue weighted by Gasteiger charge is 2.47. The van der Waals surface area contributed by atoms with Crippen LogP contribution in [0.3, 0.4) is 0 Å². The highest BCUT2D eigenvalue weighted by molar-refractivity contribution is 5.92. The Kier molecular flexibility index (Phi) is 5.14. The summed E-state index contributed by atoms with van der Waals surface area (Å²) in [6.45, 7) is 1.06. The molecular formula is C21H21FN2O4. The Morgan fingerprint density at radius 3 is 2.39 bits per heavy atom. The van der Waals surface area contributed by atoms with Crippen molar-refractivity contribution in [1.82, 2.24) is 10.6 Å². The van der Waals surface area contributed by atoms with Crippen molar-refractivity contribution in [3.8, 4) is 11.5 Å². The van der Waals surface area contributed by atoms with E-state index in [0.717, 1.165) is 11.1 Å². The van der Waals surface area contributed by atoms with Gasteiger partial charge in [0.1, 0.15) is 5.82 Å². The molecule has 2 atom stereocenters. The molecule has 4 rings (SSSR count). The molecule has 1 aliphatic carbocycles. The van der Waals surface area contributed by atoms with E-state index < -0.39 is 0 Å². The van der Waals surface area contributed by atoms with Gasteiger partial charge in [0.05, 0.1) is 11.8 Å². The van der Waals surface area contributed by atoms with Gasteiger partial charge in [-0.2, -0.15) is 0 Å². The Balaban J connectivity index is 1.18. The molecule has 2 aromatic carbocycles. The molecule has 2 amide bonds. The number of halogens is 1. The number of fused-ring (bicyclic) bond motifs is 1. The van der Waals surface area contributed by atoms with Crippen LogP contribution in [0.4, 0.5) is 4.39 Å². The second-order valence-corrected chi connectivity index (χ2v) is 7.02. The molecule has 1 fully saturated rings. The maximum atomic E-state index is 12.9. The van der Waals surface area contributed by atoms with Gasteiger partial charge in [0.25, 0.3) is 0 Å². The fourth-order valence-electron chi connectivity index (χ4n) is 3.26. The lowest BCUT2D eigenvalue weighted by Crippen LogP contribution is -2.31. The third kappa shape index (κ3) is 4.24. The summed E-state index contributed by atoms with van der Waals surface area (Å²) < 4.78 is 23.5. The van der Waals surface area contributed by atoms with Gasteiger partial charge in [0.2, 0.25) is 18.6 Å². The van der Waals surface area contributed by atoms with E-state index in [1.807, 2.05) is 18.2 Å². The lowest BCUT2D eigenvalue weighted by Gasteiger charge is -2.07. The molecule has 1 heterocycles. The van der Waals surface area contributed by atoms with Gasteiger partial charge in [-0.1, -0.05) is 18.2 Å². The summed E-state index contributed by atoms with van der Waals surface area (Å²) in [6, 6.07) is 11.7. The van der Waals surface area contributed by atoms with Gasteiger partial charge in [0.15, 0.2) is 11.5 Å². The third-order valence-electron chi connectivity index (χ3n) is 4.99. The molecule has 6 nitrogen and oxygen atoms in total. The minimum absolute atomic E-state index is 0.106. The van der Waals surface area contributed by atoms with E-state index in [0.29, 0.717) is 37.4 Å². The fraction of sp³-hybridized carbons (Fsp3) is 0.333. The van der Waals surface area contributed by atoms with Crippen molar-refractivity contribution in [2.24, 2.45) is 11.8 Å². The van der Waals surface area contributed by atoms with Gasteiger partial charge in [0, 0.05) is 13.1 Å². The first-order valence-corrected chi connectivity index (χ1v) is 9.28. The average molecular weight is 384 g/mol. The first kappa shape index (κ1) is 18.3. The van der Waals surface area contributed by atoms with Gasteiger partial charge in [-0.15, -0.1) is 0 Å². The van der Waals surface area contributed by atoms with Crippen LogP contribution >= 0.6 is 0 Å². The van der Waals surface area contributed by atoms with E-state index in [4.69, 9.17) is 9.47 Å². The topological polar surface area (TPSA) is 76.7 Å². The van der Waals surface area contributed by atoms with Crippen LogP contribution in [0.1, 0.15) is 17.5 Å². The van der Waals surface area contributed by atoms with Crippen LogP contribution in [-0.2, 0) is 22.6 Å². The number of carbonyl (C=O) groups is 2. The van der Waals surface area contributed by atoms with E-state index in [2.05, 4.69) is 10.6 Å². The van der Waals surface area contributed by atoms with Gasteiger partial charge in [-0.3, -0.25) is 9.59 Å². The highest BCUT2D eigenvalue weighted by Crippen LogP contribution is 2.39. The lowest BCUT2D eigenvalue weighted by atomic mass is 10.1. The Morgan fingerprint density at radius 1 is 0.929 bits per heavy atom. The summed E-state index contributed by atoms with van der Waals surface area (Å²) in [5.41, 5.74) is 1.87. The van der Waals surface area contributed by atoms with Gasteiger partial charge in [-0.25, -0.2) is 4.39 Å². The minimum Gasteiger partial charge on any atom is -0.454 e. The van der Waals surface area contributed by atoms with E-state index in [1.165, 1.54) is 12.1 Å². The summed E-state index contributed by atoms with van der Waals surface area (Å²) in [5, 5.41) is 5.72. The molecule has 146 valence electrons. The maximum absolute atomic E-state index is 12.9. The van der Waals surface area contributed by atoms with Crippen molar-refractivity contribution >= 4 is 11.8 Å². The van der Waals surface area contributed by atoms with Crippen molar-refractivity contribution in [3.63, 3.8) is 0 Å². The van der Waals surface area contributed by atoms with E-state index in [9.17, 15) is 14.0 Å². The fourth-order valence-corrected chi connectivity index (χ4v) is 3.26. The molecule has 2 unspecified atom stereocenters. The predicted molar refractivity (Wildman–Crippen MR) is 99.1 cm³/mol. The zero-order valence-electron chi connectivity index (χ0n) is 15.2. The van der Waals surface area contributed by atoms with Crippen LogP contribution in [0.25, 0.3) is 0 Å². The summed E-state index contributed by atoms with van der Waals surface area (Å²) in [4.78, 5) is 24.5. The number of nitrogens with one attached hydrogen (secondary N) is 2. The number of hydrogen-bond acceptors (Lipinski definition) is 4. The zero-order valence-corrected chi connectivity index (χ0v) is 15.2. The van der Waals surface area contributed by atoms with E-state index >= 15 is 0 Å². The molecule has 2 aliphatic rings. The van der Waals surface area contributed by atoms with Gasteiger partial charge < -0.3 is 20.1 Å². The molecule has 2 aromatic rings. The number of benzene rings is 2. The Bertz CT molecular complexity index is 884. The Labute approximate surface area is 162 Å². The van der Waals surface area contributed by atoms with Crippen LogP contribution in [-0.4, -0.2) is 25.2 Å². The molecule has 2 N–H and O–H groups in total. The van der Waals surface area contributed by atoms with Gasteiger partial charge >= 0.3 is 0 Å². The number of rotatable bonds is 7. The van der Waals surface area contributed by atoms with Crippen molar-refractivity contribution in [2.45, 2.75) is 19.4 Å². The maximum Gasteiger partial charge on any atom is 0.231 e. The van der Waals surface area contributed by atoms with Crippen molar-refractivity contribution in [2.75, 3.05) is 13.3 Å². The molecule has 7 heteroatoms. The molecule has 1 saturated carbocycles. The smallest absolute Gasteiger partial charge is 0.231 e. The zero-order chi connectivity index (χ0) is 19.5. The standard InChI is InChI=1S/C21H21FN2O4/c22-15-4-1-13(2-5-15)7-8-23-20(25)16-10-17(16)21(26)24-11-14-3-6-18-19(9-14)28-12-27-18/h1-6,9,16-17H,7-8,10-12H2,(H,23,25)(H,24,26). The number of hydrogen-bond donors (Lipinski definition) is 2. The second-order valence-electron chi connectivity index (χ2n) is 7.02. The predicted octanol–water partition coefficient (Wildman–Crippen LogP) is 2.17. The normalized spacial score (nSPS) is 19.2. The highest BCUT2D eigenvalue weighted by atomic mass is 19.1. The summed E-state index contributed by atoms with van der Waals surface area (Å²) in [6.07, 6.45) is 1.19. The molecule has 0 saturated heterocycles. The first-order chi connectivity index (χ1) is 13.6. The van der Waals surface area contributed by atoms with Crippen LogP contribution in [0.5, 0.6) is 11.5 Å². The molecule has 28 heavy (non-hydrogen) atoms. The summed E-state index contributed by atoms with van der Waals surface area (Å²) >= 11 is 0. The van der Waals surface area contributed by atoms with Crippen LogP contribution < -0.4 is 20.1 Å². The summed E-state index contributed by atoms with van der Waals surface area (Å²) in [7, 11) is 0. The molecule has 1 aliphatic heterocycles. The molecule has 0 aromatic heterocycles. The van der Waals surface area contributed by atoms with Crippen LogP contribution in [0.15, 0.2) is 42.5 Å². The molecular weight excluding hydrogens is 363 g/mol. The third-order valence-corrected chi connectivity index (χ3v) is 4.99. The van der Waals surface area contributed by atoms with Crippen molar-refractivity contribution < 1.29 is 23.5 Å². The van der Waals surface area contributed by atoms with E-state index in [1.54, 1.807) is 12.1 Å². The monoisotopic (exact) mass is 384 g/mol. The van der Waals surface area contributed by atoms with Gasteiger partial charge in [-0.05, 0) is 48.2 Å². The lowest BCUT2D eigenvalue weighted by molar-refractivity contribution is -0.127. The van der Waals surface area contributed by atoms with Crippen molar-refractivity contribution in [3.05, 3.63) is 59.4 Å². The largest absolute Gasteiger partial charge is 0.454 e. The average Bonchev–Trinajstić information content (AvgIpc) is 3.37. The van der Waals surface area contributed by atoms with E-state index in [-0.39, 0.29) is 36.3 Å².